The molecule has 166 valence electrons. The van der Waals surface area contributed by atoms with Crippen LogP contribution in [0.2, 0.25) is 0 Å². The number of alkyl carbamates (subject to hydrolysis) is 1. The molecule has 0 saturated heterocycles. The first-order valence-electron chi connectivity index (χ1n) is 10.1. The van der Waals surface area contributed by atoms with E-state index >= 15 is 0 Å². The van der Waals surface area contributed by atoms with E-state index in [0.29, 0.717) is 0 Å². The Morgan fingerprint density at radius 2 is 1.12 bits per heavy atom. The van der Waals surface area contributed by atoms with E-state index < -0.39 is 24.4 Å². The lowest BCUT2D eigenvalue weighted by Crippen LogP contribution is -2.50. The average Bonchev–Trinajstić information content (AvgIpc) is 2.83. The summed E-state index contributed by atoms with van der Waals surface area (Å²) < 4.78 is 16.6. The summed E-state index contributed by atoms with van der Waals surface area (Å²) in [5.74, 6) is -1.26. The molecule has 0 fully saturated rings. The second kappa shape index (κ2) is 12.2. The molecule has 0 bridgehead atoms. The molecular formula is C25H25NO6. The maximum atomic E-state index is 12.4. The third kappa shape index (κ3) is 7.54. The normalized spacial score (nSPS) is 12.5. The summed E-state index contributed by atoms with van der Waals surface area (Å²) in [7, 11) is 0. The van der Waals surface area contributed by atoms with Gasteiger partial charge in [0, 0.05) is 0 Å². The highest BCUT2D eigenvalue weighted by Gasteiger charge is 2.32. The molecule has 0 aliphatic carbocycles. The van der Waals surface area contributed by atoms with Gasteiger partial charge in [-0.1, -0.05) is 91.0 Å². The molecular weight excluding hydrogens is 410 g/mol. The summed E-state index contributed by atoms with van der Waals surface area (Å²) in [6, 6.07) is 27.5. The van der Waals surface area contributed by atoms with Crippen molar-refractivity contribution < 1.29 is 28.9 Å². The molecule has 0 spiro atoms. The predicted molar refractivity (Wildman–Crippen MR) is 117 cm³/mol. The van der Waals surface area contributed by atoms with Gasteiger partial charge in [0.05, 0.1) is 13.2 Å². The van der Waals surface area contributed by atoms with Gasteiger partial charge in [0.15, 0.2) is 12.3 Å². The zero-order valence-electron chi connectivity index (χ0n) is 17.4. The number of aliphatic carboxylic acids is 1. The van der Waals surface area contributed by atoms with Crippen LogP contribution in [0.3, 0.4) is 0 Å². The molecule has 0 aliphatic rings. The zero-order valence-corrected chi connectivity index (χ0v) is 17.4. The lowest BCUT2D eigenvalue weighted by Gasteiger charge is -2.25. The Balaban J connectivity index is 1.66. The number of carboxylic acids is 1. The van der Waals surface area contributed by atoms with E-state index in [4.69, 9.17) is 14.2 Å². The van der Waals surface area contributed by atoms with Crippen molar-refractivity contribution in [3.8, 4) is 0 Å². The number of hydrogen-bond donors (Lipinski definition) is 2. The molecule has 2 N–H and O–H groups in total. The van der Waals surface area contributed by atoms with Gasteiger partial charge in [0.2, 0.25) is 0 Å². The molecule has 3 aromatic carbocycles. The van der Waals surface area contributed by atoms with Crippen molar-refractivity contribution in [1.29, 1.82) is 0 Å². The fraction of sp³-hybridized carbons (Fsp3) is 0.200. The van der Waals surface area contributed by atoms with E-state index in [2.05, 4.69) is 5.32 Å². The summed E-state index contributed by atoms with van der Waals surface area (Å²) in [5, 5.41) is 12.2. The molecule has 0 radical (unpaired) electrons. The Morgan fingerprint density at radius 3 is 1.59 bits per heavy atom. The van der Waals surface area contributed by atoms with E-state index in [9.17, 15) is 14.7 Å². The van der Waals surface area contributed by atoms with Crippen LogP contribution in [0.15, 0.2) is 91.0 Å². The Bertz CT molecular complexity index is 965. The Kier molecular flexibility index (Phi) is 8.80. The highest BCUT2D eigenvalue weighted by molar-refractivity contribution is 5.75. The van der Waals surface area contributed by atoms with Gasteiger partial charge < -0.3 is 19.3 Å². The molecule has 32 heavy (non-hydrogen) atoms. The van der Waals surface area contributed by atoms with Gasteiger partial charge in [-0.2, -0.15) is 0 Å². The van der Waals surface area contributed by atoms with Crippen molar-refractivity contribution in [2.45, 2.75) is 32.2 Å². The standard InChI is InChI=1S/C25H25NO6/c27-24(28)22(30-16-19-10-4-1-5-11-19)23(31-17-20-12-6-2-7-13-20)26-25(29)32-18-21-14-8-3-9-15-21/h1-15,22-23H,16-18H2,(H,26,29)(H,27,28)/t22-,23-/m0/s1. The third-order valence-corrected chi connectivity index (χ3v) is 4.54. The predicted octanol–water partition coefficient (Wildman–Crippen LogP) is 4.13. The zero-order chi connectivity index (χ0) is 22.6. The highest BCUT2D eigenvalue weighted by Crippen LogP contribution is 2.12. The highest BCUT2D eigenvalue weighted by atomic mass is 16.6. The first-order valence-corrected chi connectivity index (χ1v) is 10.1. The molecule has 0 saturated carbocycles. The third-order valence-electron chi connectivity index (χ3n) is 4.54. The summed E-state index contributed by atoms with van der Waals surface area (Å²) in [5.41, 5.74) is 2.43. The molecule has 2 atom stereocenters. The summed E-state index contributed by atoms with van der Waals surface area (Å²) >= 11 is 0. The van der Waals surface area contributed by atoms with Crippen LogP contribution in [0.25, 0.3) is 0 Å². The van der Waals surface area contributed by atoms with Gasteiger partial charge in [0.1, 0.15) is 6.61 Å². The second-order valence-corrected chi connectivity index (χ2v) is 6.98. The van der Waals surface area contributed by atoms with E-state index in [1.165, 1.54) is 0 Å². The van der Waals surface area contributed by atoms with Gasteiger partial charge in [-0.05, 0) is 16.7 Å². The van der Waals surface area contributed by atoms with Crippen LogP contribution in [0.4, 0.5) is 4.79 Å². The van der Waals surface area contributed by atoms with Crippen molar-refractivity contribution in [1.82, 2.24) is 5.32 Å². The van der Waals surface area contributed by atoms with Crippen LogP contribution < -0.4 is 5.32 Å². The number of carbonyl (C=O) groups excluding carboxylic acids is 1. The van der Waals surface area contributed by atoms with Crippen molar-refractivity contribution in [3.63, 3.8) is 0 Å². The Labute approximate surface area is 186 Å². The quantitative estimate of drug-likeness (QED) is 0.440. The smallest absolute Gasteiger partial charge is 0.409 e. The number of hydrogen-bond acceptors (Lipinski definition) is 5. The van der Waals surface area contributed by atoms with Crippen molar-refractivity contribution in [2.75, 3.05) is 0 Å². The van der Waals surface area contributed by atoms with E-state index in [1.54, 1.807) is 0 Å². The Hall–Kier alpha value is -3.68. The number of ether oxygens (including phenoxy) is 3. The van der Waals surface area contributed by atoms with Crippen molar-refractivity contribution >= 4 is 12.1 Å². The van der Waals surface area contributed by atoms with Gasteiger partial charge in [0.25, 0.3) is 0 Å². The lowest BCUT2D eigenvalue weighted by molar-refractivity contribution is -0.166. The minimum Gasteiger partial charge on any atom is -0.479 e. The maximum Gasteiger partial charge on any atom is 0.409 e. The molecule has 7 heteroatoms. The van der Waals surface area contributed by atoms with Crippen molar-refractivity contribution in [3.05, 3.63) is 108 Å². The van der Waals surface area contributed by atoms with Gasteiger partial charge in [-0.25, -0.2) is 9.59 Å². The molecule has 3 rings (SSSR count). The van der Waals surface area contributed by atoms with Crippen LogP contribution in [-0.2, 0) is 38.8 Å². The first-order chi connectivity index (χ1) is 15.6. The van der Waals surface area contributed by atoms with Crippen LogP contribution in [-0.4, -0.2) is 29.5 Å². The van der Waals surface area contributed by atoms with Crippen LogP contribution in [0.1, 0.15) is 16.7 Å². The summed E-state index contributed by atoms with van der Waals surface area (Å²) in [6.07, 6.45) is -3.51. The minimum absolute atomic E-state index is 0.0424. The van der Waals surface area contributed by atoms with Gasteiger partial charge in [-0.3, -0.25) is 5.32 Å². The topological polar surface area (TPSA) is 94.1 Å². The number of carboxylic acid groups (broad SMARTS) is 1. The first kappa shape index (κ1) is 23.0. The maximum absolute atomic E-state index is 12.4. The van der Waals surface area contributed by atoms with Crippen LogP contribution >= 0.6 is 0 Å². The number of rotatable bonds is 11. The molecule has 0 aliphatic heterocycles. The monoisotopic (exact) mass is 435 g/mol. The number of carbonyl (C=O) groups is 2. The number of amides is 1. The lowest BCUT2D eigenvalue weighted by atomic mass is 10.2. The summed E-state index contributed by atoms with van der Waals surface area (Å²) in [6.45, 7) is 0.174. The molecule has 0 aromatic heterocycles. The SMILES string of the molecule is O=C(N[C@@H](OCc1ccccc1)[C@H](OCc1ccccc1)C(=O)O)OCc1ccccc1. The second-order valence-electron chi connectivity index (χ2n) is 6.98. The molecule has 0 unspecified atom stereocenters. The van der Waals surface area contributed by atoms with E-state index in [-0.39, 0.29) is 19.8 Å². The minimum atomic E-state index is -1.44. The molecule has 0 heterocycles. The fourth-order valence-corrected chi connectivity index (χ4v) is 2.89. The van der Waals surface area contributed by atoms with Crippen molar-refractivity contribution in [2.24, 2.45) is 0 Å². The average molecular weight is 435 g/mol. The van der Waals surface area contributed by atoms with Gasteiger partial charge >= 0.3 is 12.1 Å². The fourth-order valence-electron chi connectivity index (χ4n) is 2.89. The summed E-state index contributed by atoms with van der Waals surface area (Å²) in [4.78, 5) is 24.3. The van der Waals surface area contributed by atoms with Gasteiger partial charge in [-0.15, -0.1) is 0 Å². The number of nitrogens with one attached hydrogen (secondary N) is 1. The largest absolute Gasteiger partial charge is 0.479 e. The van der Waals surface area contributed by atoms with E-state index in [0.717, 1.165) is 16.7 Å². The number of benzene rings is 3. The van der Waals surface area contributed by atoms with Crippen LogP contribution in [0, 0.1) is 0 Å². The van der Waals surface area contributed by atoms with Crippen LogP contribution in [0.5, 0.6) is 0 Å². The Morgan fingerprint density at radius 1 is 0.688 bits per heavy atom. The molecule has 1 amide bonds. The molecule has 7 nitrogen and oxygen atoms in total. The van der Waals surface area contributed by atoms with E-state index in [1.807, 2.05) is 91.0 Å². The molecule has 3 aromatic rings.